The number of halogens is 1. The summed E-state index contributed by atoms with van der Waals surface area (Å²) in [6, 6.07) is 6.26. The van der Waals surface area contributed by atoms with Crippen molar-refractivity contribution in [3.05, 3.63) is 30.1 Å². The summed E-state index contributed by atoms with van der Waals surface area (Å²) in [6.45, 7) is 2.69. The number of fused-ring (bicyclic) bond motifs is 1. The fourth-order valence-corrected chi connectivity index (χ4v) is 3.89. The van der Waals surface area contributed by atoms with Crippen LogP contribution in [0.25, 0.3) is 0 Å². The van der Waals surface area contributed by atoms with Gasteiger partial charge >= 0.3 is 0 Å². The fourth-order valence-electron chi connectivity index (χ4n) is 3.89. The summed E-state index contributed by atoms with van der Waals surface area (Å²) < 4.78 is 18.8. The Kier molecular flexibility index (Phi) is 4.08. The molecule has 120 valence electrons. The highest BCUT2D eigenvalue weighted by molar-refractivity contribution is 5.78. The number of aliphatic hydroxyl groups excluding tert-OH is 1. The van der Waals surface area contributed by atoms with E-state index in [-0.39, 0.29) is 35.8 Å². The van der Waals surface area contributed by atoms with Gasteiger partial charge in [-0.25, -0.2) is 4.39 Å². The van der Waals surface area contributed by atoms with Crippen LogP contribution < -0.4 is 4.74 Å². The van der Waals surface area contributed by atoms with Crippen LogP contribution in [0.5, 0.6) is 5.75 Å². The van der Waals surface area contributed by atoms with E-state index in [1.165, 1.54) is 12.1 Å². The molecule has 0 spiro atoms. The molecule has 1 N–H and O–H groups in total. The fraction of sp³-hybridized carbons (Fsp3) is 0.588. The average Bonchev–Trinajstić information content (AvgIpc) is 2.82. The second-order valence-electron chi connectivity index (χ2n) is 6.66. The van der Waals surface area contributed by atoms with Crippen LogP contribution in [0.4, 0.5) is 4.39 Å². The van der Waals surface area contributed by atoms with Gasteiger partial charge in [0.05, 0.1) is 6.10 Å². The van der Waals surface area contributed by atoms with Crippen molar-refractivity contribution in [3.63, 3.8) is 0 Å². The number of carbonyl (C=O) groups is 1. The smallest absolute Gasteiger partial charge is 0.260 e. The Morgan fingerprint density at radius 3 is 3.00 bits per heavy atom. The third-order valence-electron chi connectivity index (χ3n) is 5.09. The highest BCUT2D eigenvalue weighted by Gasteiger charge is 2.48. The number of carbonyl (C=O) groups excluding carboxylic acids is 1. The van der Waals surface area contributed by atoms with E-state index < -0.39 is 5.82 Å². The van der Waals surface area contributed by atoms with Crippen molar-refractivity contribution >= 4 is 5.91 Å². The SMILES string of the molecule is C[C@@]12CCN(C(=O)COc3ccccc3F)[C@@H]1CC[C@@H](O)C2. The van der Waals surface area contributed by atoms with Gasteiger partial charge in [-0.05, 0) is 43.2 Å². The Bertz CT molecular complexity index is 565. The number of likely N-dealkylation sites (tertiary alicyclic amines) is 1. The van der Waals surface area contributed by atoms with Crippen molar-refractivity contribution in [2.24, 2.45) is 5.41 Å². The number of amides is 1. The normalized spacial score (nSPS) is 31.0. The highest BCUT2D eigenvalue weighted by atomic mass is 19.1. The lowest BCUT2D eigenvalue weighted by atomic mass is 9.71. The first-order valence-electron chi connectivity index (χ1n) is 7.84. The largest absolute Gasteiger partial charge is 0.481 e. The molecule has 1 aliphatic carbocycles. The minimum Gasteiger partial charge on any atom is -0.481 e. The summed E-state index contributed by atoms with van der Waals surface area (Å²) in [7, 11) is 0. The van der Waals surface area contributed by atoms with E-state index in [9.17, 15) is 14.3 Å². The predicted molar refractivity (Wildman–Crippen MR) is 80.0 cm³/mol. The molecule has 2 fully saturated rings. The van der Waals surface area contributed by atoms with Crippen molar-refractivity contribution in [1.82, 2.24) is 4.90 Å². The minimum atomic E-state index is -0.456. The molecule has 2 aliphatic rings. The molecule has 0 bridgehead atoms. The lowest BCUT2D eigenvalue weighted by Crippen LogP contribution is -2.47. The zero-order chi connectivity index (χ0) is 15.7. The highest BCUT2D eigenvalue weighted by Crippen LogP contribution is 2.46. The number of ether oxygens (including phenoxy) is 1. The van der Waals surface area contributed by atoms with Crippen LogP contribution in [0.15, 0.2) is 24.3 Å². The molecule has 3 atom stereocenters. The molecule has 5 heteroatoms. The van der Waals surface area contributed by atoms with Gasteiger partial charge in [-0.3, -0.25) is 4.79 Å². The number of nitrogens with zero attached hydrogens (tertiary/aromatic N) is 1. The molecule has 0 radical (unpaired) electrons. The van der Waals surface area contributed by atoms with Crippen LogP contribution in [0, 0.1) is 11.2 Å². The van der Waals surface area contributed by atoms with E-state index in [4.69, 9.17) is 4.74 Å². The van der Waals surface area contributed by atoms with Crippen molar-refractivity contribution in [1.29, 1.82) is 0 Å². The molecule has 1 aromatic rings. The van der Waals surface area contributed by atoms with E-state index in [0.717, 1.165) is 25.7 Å². The molecule has 1 heterocycles. The van der Waals surface area contributed by atoms with Gasteiger partial charge in [0.1, 0.15) is 0 Å². The summed E-state index contributed by atoms with van der Waals surface area (Å²) in [5.41, 5.74) is -0.00861. The Labute approximate surface area is 129 Å². The molecule has 0 aromatic heterocycles. The summed E-state index contributed by atoms with van der Waals surface area (Å²) in [6.07, 6.45) is 2.95. The van der Waals surface area contributed by atoms with E-state index >= 15 is 0 Å². The van der Waals surface area contributed by atoms with Crippen LogP contribution in [0.2, 0.25) is 0 Å². The molecule has 1 aromatic carbocycles. The predicted octanol–water partition coefficient (Wildman–Crippen LogP) is 2.36. The lowest BCUT2D eigenvalue weighted by Gasteiger charge is -2.41. The third kappa shape index (κ3) is 2.82. The van der Waals surface area contributed by atoms with E-state index in [1.54, 1.807) is 12.1 Å². The molecule has 1 aliphatic heterocycles. The van der Waals surface area contributed by atoms with E-state index in [0.29, 0.717) is 6.54 Å². The Morgan fingerprint density at radius 1 is 1.45 bits per heavy atom. The maximum Gasteiger partial charge on any atom is 0.260 e. The minimum absolute atomic E-state index is 0.00861. The standard InChI is InChI=1S/C17H22FNO3/c1-17-8-9-19(15(17)7-6-12(20)10-17)16(21)11-22-14-5-3-2-4-13(14)18/h2-5,12,15,20H,6-11H2,1H3/t12-,15-,17+/m1/s1. The van der Waals surface area contributed by atoms with Crippen LogP contribution in [0.1, 0.15) is 32.6 Å². The first-order valence-corrected chi connectivity index (χ1v) is 7.84. The zero-order valence-corrected chi connectivity index (χ0v) is 12.8. The summed E-state index contributed by atoms with van der Waals surface area (Å²) >= 11 is 0. The van der Waals surface area contributed by atoms with Crippen molar-refractivity contribution < 1.29 is 19.0 Å². The summed E-state index contributed by atoms with van der Waals surface area (Å²) in [5, 5.41) is 9.86. The zero-order valence-electron chi connectivity index (χ0n) is 12.8. The quantitative estimate of drug-likeness (QED) is 0.932. The second-order valence-corrected chi connectivity index (χ2v) is 6.66. The van der Waals surface area contributed by atoms with E-state index in [2.05, 4.69) is 6.92 Å². The molecule has 0 unspecified atom stereocenters. The molecule has 3 rings (SSSR count). The van der Waals surface area contributed by atoms with Crippen molar-refractivity contribution in [3.8, 4) is 5.75 Å². The average molecular weight is 307 g/mol. The monoisotopic (exact) mass is 307 g/mol. The van der Waals surface area contributed by atoms with Crippen LogP contribution in [0.3, 0.4) is 0 Å². The molecule has 1 saturated heterocycles. The molecular formula is C17H22FNO3. The van der Waals surface area contributed by atoms with Gasteiger partial charge in [-0.2, -0.15) is 0 Å². The van der Waals surface area contributed by atoms with Gasteiger partial charge < -0.3 is 14.7 Å². The number of hydrogen-bond acceptors (Lipinski definition) is 3. The molecule has 1 amide bonds. The van der Waals surface area contributed by atoms with Gasteiger partial charge in [0, 0.05) is 12.6 Å². The maximum absolute atomic E-state index is 13.5. The number of aliphatic hydroxyl groups is 1. The van der Waals surface area contributed by atoms with Crippen LogP contribution >= 0.6 is 0 Å². The van der Waals surface area contributed by atoms with Gasteiger partial charge in [-0.1, -0.05) is 19.1 Å². The van der Waals surface area contributed by atoms with Crippen molar-refractivity contribution in [2.45, 2.75) is 44.8 Å². The Morgan fingerprint density at radius 2 is 2.23 bits per heavy atom. The van der Waals surface area contributed by atoms with Crippen LogP contribution in [-0.4, -0.2) is 41.2 Å². The Hall–Kier alpha value is -1.62. The van der Waals surface area contributed by atoms with Gasteiger partial charge in [0.25, 0.3) is 5.91 Å². The third-order valence-corrected chi connectivity index (χ3v) is 5.09. The number of hydrogen-bond donors (Lipinski definition) is 1. The first-order chi connectivity index (χ1) is 10.5. The second kappa shape index (κ2) is 5.88. The van der Waals surface area contributed by atoms with E-state index in [1.807, 2.05) is 4.90 Å². The van der Waals surface area contributed by atoms with Gasteiger partial charge in [0.2, 0.25) is 0 Å². The number of rotatable bonds is 3. The van der Waals surface area contributed by atoms with Crippen molar-refractivity contribution in [2.75, 3.05) is 13.2 Å². The van der Waals surface area contributed by atoms with Crippen LogP contribution in [-0.2, 0) is 4.79 Å². The topological polar surface area (TPSA) is 49.8 Å². The number of para-hydroxylation sites is 1. The Balaban J connectivity index is 1.63. The molecular weight excluding hydrogens is 285 g/mol. The lowest BCUT2D eigenvalue weighted by molar-refractivity contribution is -0.136. The molecule has 4 nitrogen and oxygen atoms in total. The number of benzene rings is 1. The molecule has 1 saturated carbocycles. The first kappa shape index (κ1) is 15.3. The maximum atomic E-state index is 13.5. The molecule has 22 heavy (non-hydrogen) atoms. The summed E-state index contributed by atoms with van der Waals surface area (Å²) in [4.78, 5) is 14.3. The van der Waals surface area contributed by atoms with Gasteiger partial charge in [0.15, 0.2) is 18.2 Å². The van der Waals surface area contributed by atoms with Gasteiger partial charge in [-0.15, -0.1) is 0 Å². The summed E-state index contributed by atoms with van der Waals surface area (Å²) in [5.74, 6) is -0.451.